The van der Waals surface area contributed by atoms with Gasteiger partial charge in [-0.2, -0.15) is 5.26 Å². The molecule has 1 amide bonds. The molecule has 1 saturated heterocycles. The molecule has 20 heavy (non-hydrogen) atoms. The standard InChI is InChI=1S/C15H16N2O3/c16-7-6-11-3-1-4-12(9-11)15(20)17-8-2-5-13(17)10-14(18)19/h1,3-4,9,13H,2,5-6,8,10H2,(H,18,19)/t13-/m0/s1. The zero-order valence-corrected chi connectivity index (χ0v) is 11.1. The Morgan fingerprint density at radius 1 is 1.45 bits per heavy atom. The monoisotopic (exact) mass is 272 g/mol. The predicted octanol–water partition coefficient (Wildman–Crippen LogP) is 1.83. The van der Waals surface area contributed by atoms with E-state index in [2.05, 4.69) is 6.07 Å². The second kappa shape index (κ2) is 6.20. The van der Waals surface area contributed by atoms with Gasteiger partial charge in [0.1, 0.15) is 0 Å². The molecular formula is C15H16N2O3. The number of benzene rings is 1. The van der Waals surface area contributed by atoms with Gasteiger partial charge in [-0.15, -0.1) is 0 Å². The molecule has 1 aliphatic heterocycles. The highest BCUT2D eigenvalue weighted by atomic mass is 16.4. The highest BCUT2D eigenvalue weighted by molar-refractivity contribution is 5.95. The van der Waals surface area contributed by atoms with Crippen molar-refractivity contribution in [1.29, 1.82) is 5.26 Å². The molecular weight excluding hydrogens is 256 g/mol. The van der Waals surface area contributed by atoms with Crippen molar-refractivity contribution in [3.8, 4) is 6.07 Å². The quantitative estimate of drug-likeness (QED) is 0.906. The fourth-order valence-electron chi connectivity index (χ4n) is 2.59. The molecule has 2 rings (SSSR count). The van der Waals surface area contributed by atoms with E-state index in [1.165, 1.54) is 0 Å². The minimum absolute atomic E-state index is 0.0103. The first-order valence-electron chi connectivity index (χ1n) is 6.60. The lowest BCUT2D eigenvalue weighted by Gasteiger charge is -2.23. The van der Waals surface area contributed by atoms with Crippen molar-refractivity contribution in [2.75, 3.05) is 6.54 Å². The summed E-state index contributed by atoms with van der Waals surface area (Å²) in [5.41, 5.74) is 1.32. The maximum atomic E-state index is 12.4. The van der Waals surface area contributed by atoms with Crippen molar-refractivity contribution in [1.82, 2.24) is 4.90 Å². The predicted molar refractivity (Wildman–Crippen MR) is 72.1 cm³/mol. The van der Waals surface area contributed by atoms with E-state index < -0.39 is 5.97 Å². The molecule has 0 bridgehead atoms. The van der Waals surface area contributed by atoms with E-state index in [0.717, 1.165) is 18.4 Å². The molecule has 0 radical (unpaired) electrons. The van der Waals surface area contributed by atoms with Crippen LogP contribution in [0.2, 0.25) is 0 Å². The van der Waals surface area contributed by atoms with Crippen molar-refractivity contribution in [2.24, 2.45) is 0 Å². The zero-order chi connectivity index (χ0) is 14.5. The van der Waals surface area contributed by atoms with Gasteiger partial charge < -0.3 is 10.0 Å². The summed E-state index contributed by atoms with van der Waals surface area (Å²) in [4.78, 5) is 24.9. The number of hydrogen-bond donors (Lipinski definition) is 1. The van der Waals surface area contributed by atoms with Gasteiger partial charge in [-0.3, -0.25) is 9.59 Å². The Hall–Kier alpha value is -2.35. The highest BCUT2D eigenvalue weighted by Gasteiger charge is 2.30. The third-order valence-electron chi connectivity index (χ3n) is 3.51. The minimum Gasteiger partial charge on any atom is -0.481 e. The molecule has 0 unspecified atom stereocenters. The van der Waals surface area contributed by atoms with E-state index in [0.29, 0.717) is 12.1 Å². The Balaban J connectivity index is 2.16. The second-order valence-corrected chi connectivity index (χ2v) is 4.93. The van der Waals surface area contributed by atoms with Gasteiger partial charge in [-0.1, -0.05) is 12.1 Å². The van der Waals surface area contributed by atoms with Crippen LogP contribution in [0.4, 0.5) is 0 Å². The van der Waals surface area contributed by atoms with Crippen LogP contribution in [0.15, 0.2) is 24.3 Å². The molecule has 0 aliphatic carbocycles. The van der Waals surface area contributed by atoms with Crippen LogP contribution in [-0.2, 0) is 11.2 Å². The number of hydrogen-bond acceptors (Lipinski definition) is 3. The average molecular weight is 272 g/mol. The van der Waals surface area contributed by atoms with Crippen molar-refractivity contribution in [3.63, 3.8) is 0 Å². The van der Waals surface area contributed by atoms with Gasteiger partial charge in [0.25, 0.3) is 5.91 Å². The summed E-state index contributed by atoms with van der Waals surface area (Å²) < 4.78 is 0. The summed E-state index contributed by atoms with van der Waals surface area (Å²) in [7, 11) is 0. The fraction of sp³-hybridized carbons (Fsp3) is 0.400. The molecule has 104 valence electrons. The maximum Gasteiger partial charge on any atom is 0.305 e. The summed E-state index contributed by atoms with van der Waals surface area (Å²) in [5, 5.41) is 17.6. The lowest BCUT2D eigenvalue weighted by atomic mass is 10.1. The van der Waals surface area contributed by atoms with Gasteiger partial charge in [-0.25, -0.2) is 0 Å². The number of rotatable bonds is 4. The molecule has 0 aromatic heterocycles. The van der Waals surface area contributed by atoms with Crippen molar-refractivity contribution in [3.05, 3.63) is 35.4 Å². The molecule has 1 aromatic carbocycles. The molecule has 5 nitrogen and oxygen atoms in total. The number of carbonyl (C=O) groups is 2. The number of carboxylic acids is 1. The van der Waals surface area contributed by atoms with Crippen LogP contribution >= 0.6 is 0 Å². The number of carbonyl (C=O) groups excluding carboxylic acids is 1. The fourth-order valence-corrected chi connectivity index (χ4v) is 2.59. The maximum absolute atomic E-state index is 12.4. The Bertz CT molecular complexity index is 562. The first kappa shape index (κ1) is 14.1. The van der Waals surface area contributed by atoms with Crippen LogP contribution in [0, 0.1) is 11.3 Å². The van der Waals surface area contributed by atoms with E-state index in [1.54, 1.807) is 29.2 Å². The summed E-state index contributed by atoms with van der Waals surface area (Å²) >= 11 is 0. The Morgan fingerprint density at radius 3 is 2.95 bits per heavy atom. The molecule has 5 heteroatoms. The third-order valence-corrected chi connectivity index (χ3v) is 3.51. The second-order valence-electron chi connectivity index (χ2n) is 4.93. The molecule has 1 aliphatic rings. The van der Waals surface area contributed by atoms with Crippen LogP contribution in [0.1, 0.15) is 35.2 Å². The van der Waals surface area contributed by atoms with Crippen LogP contribution in [0.5, 0.6) is 0 Å². The normalized spacial score (nSPS) is 17.8. The largest absolute Gasteiger partial charge is 0.481 e. The van der Waals surface area contributed by atoms with Gasteiger partial charge in [0, 0.05) is 18.2 Å². The lowest BCUT2D eigenvalue weighted by molar-refractivity contribution is -0.137. The number of nitriles is 1. The van der Waals surface area contributed by atoms with Crippen molar-refractivity contribution >= 4 is 11.9 Å². The zero-order valence-electron chi connectivity index (χ0n) is 11.1. The first-order chi connectivity index (χ1) is 9.61. The van der Waals surface area contributed by atoms with Gasteiger partial charge in [0.2, 0.25) is 0 Å². The van der Waals surface area contributed by atoms with Gasteiger partial charge in [0.15, 0.2) is 0 Å². The number of likely N-dealkylation sites (tertiary alicyclic amines) is 1. The van der Waals surface area contributed by atoms with E-state index in [1.807, 2.05) is 0 Å². The summed E-state index contributed by atoms with van der Waals surface area (Å²) in [5.74, 6) is -1.03. The Labute approximate surface area is 117 Å². The molecule has 1 aromatic rings. The molecule has 1 N–H and O–H groups in total. The molecule has 1 fully saturated rings. The van der Waals surface area contributed by atoms with Crippen LogP contribution < -0.4 is 0 Å². The number of aliphatic carboxylic acids is 1. The molecule has 1 atom stereocenters. The summed E-state index contributed by atoms with van der Waals surface area (Å²) in [6.45, 7) is 0.596. The van der Waals surface area contributed by atoms with Gasteiger partial charge in [-0.05, 0) is 30.5 Å². The summed E-state index contributed by atoms with van der Waals surface area (Å²) in [6.07, 6.45) is 1.82. The topological polar surface area (TPSA) is 81.4 Å². The van der Waals surface area contributed by atoms with Crippen molar-refractivity contribution < 1.29 is 14.7 Å². The Kier molecular flexibility index (Phi) is 4.36. The van der Waals surface area contributed by atoms with Crippen LogP contribution in [0.3, 0.4) is 0 Å². The SMILES string of the molecule is N#CCc1cccc(C(=O)N2CCC[C@H]2CC(=O)O)c1. The van der Waals surface area contributed by atoms with E-state index in [9.17, 15) is 9.59 Å². The van der Waals surface area contributed by atoms with E-state index >= 15 is 0 Å². The highest BCUT2D eigenvalue weighted by Crippen LogP contribution is 2.23. The first-order valence-corrected chi connectivity index (χ1v) is 6.60. The average Bonchev–Trinajstić information content (AvgIpc) is 2.86. The minimum atomic E-state index is -0.882. The number of amides is 1. The summed E-state index contributed by atoms with van der Waals surface area (Å²) in [6, 6.07) is 8.80. The van der Waals surface area contributed by atoms with Gasteiger partial charge >= 0.3 is 5.97 Å². The van der Waals surface area contributed by atoms with Crippen molar-refractivity contribution in [2.45, 2.75) is 31.7 Å². The van der Waals surface area contributed by atoms with Gasteiger partial charge in [0.05, 0.1) is 18.9 Å². The molecule has 0 saturated carbocycles. The van der Waals surface area contributed by atoms with E-state index in [-0.39, 0.29) is 24.8 Å². The van der Waals surface area contributed by atoms with Crippen LogP contribution in [-0.4, -0.2) is 34.5 Å². The number of carboxylic acid groups (broad SMARTS) is 1. The molecule has 0 spiro atoms. The molecule has 1 heterocycles. The number of nitrogens with zero attached hydrogens (tertiary/aromatic N) is 2. The van der Waals surface area contributed by atoms with Crippen LogP contribution in [0.25, 0.3) is 0 Å². The Morgan fingerprint density at radius 2 is 2.25 bits per heavy atom. The smallest absolute Gasteiger partial charge is 0.305 e. The van der Waals surface area contributed by atoms with E-state index in [4.69, 9.17) is 10.4 Å². The lowest BCUT2D eigenvalue weighted by Crippen LogP contribution is -2.36. The third kappa shape index (κ3) is 3.15.